The first-order valence-corrected chi connectivity index (χ1v) is 12.2. The highest BCUT2D eigenvalue weighted by atomic mass is 79.9. The molecule has 6 nitrogen and oxygen atoms in total. The molecular formula is C26H24BrN3O3S. The third kappa shape index (κ3) is 4.60. The summed E-state index contributed by atoms with van der Waals surface area (Å²) in [5, 5.41) is 3.40. The molecule has 8 heteroatoms. The van der Waals surface area contributed by atoms with E-state index in [4.69, 9.17) is 4.74 Å². The number of methoxy groups -OCH3 is 1. The van der Waals surface area contributed by atoms with Gasteiger partial charge in [0, 0.05) is 15.9 Å². The first kappa shape index (κ1) is 24.0. The van der Waals surface area contributed by atoms with E-state index in [1.165, 1.54) is 18.9 Å². The molecule has 0 bridgehead atoms. The number of aromatic nitrogens is 1. The number of ether oxygens (including phenoxy) is 1. The number of carbonyl (C=O) groups excluding carboxylic acids is 2. The minimum atomic E-state index is -0.395. The van der Waals surface area contributed by atoms with Crippen molar-refractivity contribution in [2.75, 3.05) is 7.11 Å². The third-order valence-electron chi connectivity index (χ3n) is 5.61. The molecule has 3 aromatic rings. The number of nitrogens with one attached hydrogen (secondary N) is 1. The lowest BCUT2D eigenvalue weighted by Gasteiger charge is -2.13. The topological polar surface area (TPSA) is 72.7 Å². The van der Waals surface area contributed by atoms with E-state index in [0.29, 0.717) is 15.6 Å². The maximum Gasteiger partial charge on any atom is 0.339 e. The average molecular weight is 538 g/mol. The van der Waals surface area contributed by atoms with Gasteiger partial charge < -0.3 is 14.6 Å². The van der Waals surface area contributed by atoms with Crippen molar-refractivity contribution in [1.29, 1.82) is 0 Å². The second-order valence-corrected chi connectivity index (χ2v) is 9.87. The van der Waals surface area contributed by atoms with Gasteiger partial charge in [-0.25, -0.2) is 9.79 Å². The van der Waals surface area contributed by atoms with Crippen LogP contribution >= 0.6 is 27.7 Å². The van der Waals surface area contributed by atoms with Crippen molar-refractivity contribution in [3.05, 3.63) is 85.5 Å². The number of carbonyl (C=O) groups is 2. The van der Waals surface area contributed by atoms with Crippen LogP contribution in [0, 0.1) is 27.7 Å². The van der Waals surface area contributed by atoms with Gasteiger partial charge in [0.1, 0.15) is 0 Å². The highest BCUT2D eigenvalue weighted by molar-refractivity contribution is 9.10. The zero-order valence-electron chi connectivity index (χ0n) is 19.5. The van der Waals surface area contributed by atoms with Gasteiger partial charge in [-0.15, -0.1) is 0 Å². The number of benzene rings is 2. The monoisotopic (exact) mass is 537 g/mol. The molecule has 0 spiro atoms. The van der Waals surface area contributed by atoms with Gasteiger partial charge >= 0.3 is 5.97 Å². The SMILES string of the molecule is COC(=O)c1ccccc1-n1c(C)cc(/C=C2\SC(=Nc3cc(C)c(Br)c(C)c3)NC2=O)c1C. The molecule has 4 rings (SSSR count). The molecule has 2 heterocycles. The standard InChI is InChI=1S/C26H24BrN3O3S/c1-14-10-19(11-15(2)23(14)27)28-26-29-24(31)22(34-26)13-18-12-16(3)30(17(18)4)21-9-7-6-8-20(21)25(32)33-5/h6-13H,1-5H3,(H,28,29,31)/b22-13-. The molecule has 0 unspecified atom stereocenters. The molecule has 34 heavy (non-hydrogen) atoms. The van der Waals surface area contributed by atoms with Crippen molar-refractivity contribution in [2.24, 2.45) is 4.99 Å². The molecule has 0 aliphatic carbocycles. The fraction of sp³-hybridized carbons (Fsp3) is 0.192. The highest BCUT2D eigenvalue weighted by Gasteiger charge is 2.25. The molecule has 1 amide bonds. The summed E-state index contributed by atoms with van der Waals surface area (Å²) in [6.07, 6.45) is 1.86. The van der Waals surface area contributed by atoms with Crippen LogP contribution in [-0.2, 0) is 9.53 Å². The van der Waals surface area contributed by atoms with Gasteiger partial charge in [-0.2, -0.15) is 0 Å². The van der Waals surface area contributed by atoms with Gasteiger partial charge in [-0.3, -0.25) is 4.79 Å². The van der Waals surface area contributed by atoms with Gasteiger partial charge in [0.2, 0.25) is 0 Å². The van der Waals surface area contributed by atoms with Crippen molar-refractivity contribution in [2.45, 2.75) is 27.7 Å². The summed E-state index contributed by atoms with van der Waals surface area (Å²) in [7, 11) is 1.37. The van der Waals surface area contributed by atoms with E-state index in [1.807, 2.05) is 74.7 Å². The summed E-state index contributed by atoms with van der Waals surface area (Å²) in [5.74, 6) is -0.581. The molecule has 0 radical (unpaired) electrons. The van der Waals surface area contributed by atoms with Crippen LogP contribution in [0.1, 0.15) is 38.4 Å². The summed E-state index contributed by atoms with van der Waals surface area (Å²) < 4.78 is 8.01. The number of hydrogen-bond acceptors (Lipinski definition) is 5. The van der Waals surface area contributed by atoms with Crippen LogP contribution in [-0.4, -0.2) is 28.7 Å². The summed E-state index contributed by atoms with van der Waals surface area (Å²) in [6, 6.07) is 13.3. The number of halogens is 1. The number of hydrogen-bond donors (Lipinski definition) is 1. The summed E-state index contributed by atoms with van der Waals surface area (Å²) in [5.41, 5.74) is 6.94. The molecule has 1 aromatic heterocycles. The van der Waals surface area contributed by atoms with Crippen LogP contribution in [0.2, 0.25) is 0 Å². The normalized spacial score (nSPS) is 15.8. The van der Waals surface area contributed by atoms with Gasteiger partial charge in [0.05, 0.1) is 29.0 Å². The Morgan fingerprint density at radius 2 is 1.79 bits per heavy atom. The zero-order chi connectivity index (χ0) is 24.6. The lowest BCUT2D eigenvalue weighted by atomic mass is 10.1. The van der Waals surface area contributed by atoms with Crippen LogP contribution in [0.4, 0.5) is 5.69 Å². The number of thioether (sulfide) groups is 1. The Balaban J connectivity index is 1.68. The molecule has 1 saturated heterocycles. The first-order valence-electron chi connectivity index (χ1n) is 10.6. The average Bonchev–Trinajstić information content (AvgIpc) is 3.28. The first-order chi connectivity index (χ1) is 16.2. The Morgan fingerprint density at radius 1 is 1.12 bits per heavy atom. The molecule has 0 saturated carbocycles. The van der Waals surface area contributed by atoms with E-state index in [-0.39, 0.29) is 5.91 Å². The molecule has 1 aliphatic rings. The predicted octanol–water partition coefficient (Wildman–Crippen LogP) is 6.15. The van der Waals surface area contributed by atoms with E-state index >= 15 is 0 Å². The summed E-state index contributed by atoms with van der Waals surface area (Å²) in [6.45, 7) is 7.96. The fourth-order valence-electron chi connectivity index (χ4n) is 3.98. The third-order valence-corrected chi connectivity index (χ3v) is 7.77. The minimum Gasteiger partial charge on any atom is -0.465 e. The van der Waals surface area contributed by atoms with Crippen molar-refractivity contribution >= 4 is 56.5 Å². The largest absolute Gasteiger partial charge is 0.465 e. The van der Waals surface area contributed by atoms with E-state index < -0.39 is 5.97 Å². The fourth-order valence-corrected chi connectivity index (χ4v) is 5.04. The van der Waals surface area contributed by atoms with Crippen LogP contribution in [0.3, 0.4) is 0 Å². The molecule has 2 aromatic carbocycles. The van der Waals surface area contributed by atoms with Crippen LogP contribution in [0.25, 0.3) is 11.8 Å². The number of aliphatic imine (C=N–C) groups is 1. The molecule has 0 atom stereocenters. The van der Waals surface area contributed by atoms with Gasteiger partial charge in [0.25, 0.3) is 5.91 Å². The second kappa shape index (κ2) is 9.64. The van der Waals surface area contributed by atoms with E-state index in [0.717, 1.165) is 43.9 Å². The van der Waals surface area contributed by atoms with Crippen LogP contribution in [0.15, 0.2) is 56.8 Å². The number of amidine groups is 1. The Bertz CT molecular complexity index is 1360. The van der Waals surface area contributed by atoms with E-state index in [2.05, 4.69) is 26.2 Å². The van der Waals surface area contributed by atoms with E-state index in [9.17, 15) is 9.59 Å². The van der Waals surface area contributed by atoms with Gasteiger partial charge in [-0.1, -0.05) is 28.1 Å². The molecule has 1 aliphatic heterocycles. The van der Waals surface area contributed by atoms with Crippen molar-refractivity contribution < 1.29 is 14.3 Å². The maximum absolute atomic E-state index is 12.7. The van der Waals surface area contributed by atoms with Crippen LogP contribution in [0.5, 0.6) is 0 Å². The lowest BCUT2D eigenvalue weighted by Crippen LogP contribution is -2.19. The van der Waals surface area contributed by atoms with Crippen molar-refractivity contribution in [3.63, 3.8) is 0 Å². The number of rotatable bonds is 4. The summed E-state index contributed by atoms with van der Waals surface area (Å²) in [4.78, 5) is 30.1. The smallest absolute Gasteiger partial charge is 0.339 e. The molecule has 1 fully saturated rings. The van der Waals surface area contributed by atoms with Crippen LogP contribution < -0.4 is 5.32 Å². The zero-order valence-corrected chi connectivity index (χ0v) is 21.9. The predicted molar refractivity (Wildman–Crippen MR) is 141 cm³/mol. The molecular weight excluding hydrogens is 514 g/mol. The number of aryl methyl sites for hydroxylation is 3. The summed E-state index contributed by atoms with van der Waals surface area (Å²) >= 11 is 4.88. The number of esters is 1. The maximum atomic E-state index is 12.7. The Hall–Kier alpha value is -3.10. The lowest BCUT2D eigenvalue weighted by molar-refractivity contribution is -0.115. The van der Waals surface area contributed by atoms with Crippen molar-refractivity contribution in [3.8, 4) is 5.69 Å². The van der Waals surface area contributed by atoms with E-state index in [1.54, 1.807) is 6.07 Å². The van der Waals surface area contributed by atoms with Crippen molar-refractivity contribution in [1.82, 2.24) is 9.88 Å². The number of para-hydroxylation sites is 1. The molecule has 174 valence electrons. The highest BCUT2D eigenvalue weighted by Crippen LogP contribution is 2.32. The Morgan fingerprint density at radius 3 is 2.47 bits per heavy atom. The quantitative estimate of drug-likeness (QED) is 0.320. The number of nitrogens with zero attached hydrogens (tertiary/aromatic N) is 2. The Labute approximate surface area is 211 Å². The second-order valence-electron chi connectivity index (χ2n) is 8.05. The number of amides is 1. The minimum absolute atomic E-state index is 0.186. The van der Waals surface area contributed by atoms with Gasteiger partial charge in [-0.05, 0) is 92.6 Å². The van der Waals surface area contributed by atoms with Gasteiger partial charge in [0.15, 0.2) is 5.17 Å². The molecule has 1 N–H and O–H groups in total. The Kier molecular flexibility index (Phi) is 6.81.